The Morgan fingerprint density at radius 2 is 1.84 bits per heavy atom. The molecule has 2 N–H and O–H groups in total. The third-order valence-electron chi connectivity index (χ3n) is 7.08. The number of nitrogens with zero attached hydrogens (tertiary/aromatic N) is 2. The molecule has 0 aliphatic carbocycles. The van der Waals surface area contributed by atoms with Gasteiger partial charge in [0.1, 0.15) is 28.7 Å². The van der Waals surface area contributed by atoms with E-state index in [1.807, 2.05) is 19.9 Å². The van der Waals surface area contributed by atoms with Gasteiger partial charge in [0.2, 0.25) is 5.91 Å². The summed E-state index contributed by atoms with van der Waals surface area (Å²) >= 11 is 0. The van der Waals surface area contributed by atoms with Gasteiger partial charge in [-0.2, -0.15) is 13.2 Å². The van der Waals surface area contributed by atoms with Crippen molar-refractivity contribution in [3.05, 3.63) is 53.2 Å². The lowest BCUT2D eigenvalue weighted by atomic mass is 10.1. The molecule has 1 aliphatic heterocycles. The number of halogens is 3. The first-order chi connectivity index (χ1) is 20.7. The normalized spacial score (nSPS) is 15.3. The average Bonchev–Trinajstić information content (AvgIpc) is 3.43. The molecule has 2 heterocycles. The van der Waals surface area contributed by atoms with Crippen LogP contribution >= 0.6 is 0 Å². The van der Waals surface area contributed by atoms with Gasteiger partial charge in [0.05, 0.1) is 23.7 Å². The lowest BCUT2D eigenvalue weighted by Gasteiger charge is -2.28. The topological polar surface area (TPSA) is 102 Å². The highest BCUT2D eigenvalue weighted by molar-refractivity contribution is 5.98. The third kappa shape index (κ3) is 7.83. The van der Waals surface area contributed by atoms with E-state index in [-0.39, 0.29) is 11.7 Å². The molecule has 0 spiro atoms. The number of ether oxygens (including phenoxy) is 3. The first-order valence-corrected chi connectivity index (χ1v) is 14.5. The Labute approximate surface area is 255 Å². The molecule has 2 aromatic carbocycles. The molecule has 1 aromatic heterocycles. The molecule has 9 nitrogen and oxygen atoms in total. The van der Waals surface area contributed by atoms with Crippen LogP contribution in [0.5, 0.6) is 17.2 Å². The number of alkyl halides is 3. The Hall–Kier alpha value is -4.22. The quantitative estimate of drug-likeness (QED) is 0.250. The summed E-state index contributed by atoms with van der Waals surface area (Å²) in [7, 11) is 1.52. The van der Waals surface area contributed by atoms with Crippen molar-refractivity contribution in [2.75, 3.05) is 32.1 Å². The molecule has 0 bridgehead atoms. The number of rotatable bonds is 9. The van der Waals surface area contributed by atoms with Gasteiger partial charge >= 0.3 is 12.3 Å². The van der Waals surface area contributed by atoms with Gasteiger partial charge in [0, 0.05) is 31.4 Å². The summed E-state index contributed by atoms with van der Waals surface area (Å²) in [5.41, 5.74) is 1.11. The van der Waals surface area contributed by atoms with Crippen molar-refractivity contribution >= 4 is 28.6 Å². The van der Waals surface area contributed by atoms with Crippen LogP contribution in [0.3, 0.4) is 0 Å². The Kier molecular flexibility index (Phi) is 9.80. The van der Waals surface area contributed by atoms with Crippen molar-refractivity contribution in [3.8, 4) is 17.2 Å². The first-order valence-electron chi connectivity index (χ1n) is 14.5. The van der Waals surface area contributed by atoms with Crippen molar-refractivity contribution in [1.82, 2.24) is 15.2 Å². The maximum atomic E-state index is 13.4. The molecule has 44 heavy (non-hydrogen) atoms. The van der Waals surface area contributed by atoms with Gasteiger partial charge in [0.15, 0.2) is 5.75 Å². The van der Waals surface area contributed by atoms with Crippen molar-refractivity contribution in [1.29, 1.82) is 0 Å². The van der Waals surface area contributed by atoms with E-state index in [1.54, 1.807) is 26.8 Å². The van der Waals surface area contributed by atoms with Crippen molar-refractivity contribution in [2.45, 2.75) is 71.7 Å². The van der Waals surface area contributed by atoms with Crippen LogP contribution in [0.15, 0.2) is 36.4 Å². The molecule has 0 radical (unpaired) electrons. The molecule has 2 amide bonds. The smallest absolute Gasteiger partial charge is 0.416 e. The minimum atomic E-state index is -4.52. The van der Waals surface area contributed by atoms with E-state index in [0.717, 1.165) is 23.4 Å². The number of hydrogen-bond donors (Lipinski definition) is 2. The number of anilines is 1. The number of pyridine rings is 1. The predicted molar refractivity (Wildman–Crippen MR) is 161 cm³/mol. The fourth-order valence-electron chi connectivity index (χ4n) is 5.17. The summed E-state index contributed by atoms with van der Waals surface area (Å²) in [6.07, 6.45) is -3.24. The molecule has 0 saturated carbocycles. The number of likely N-dealkylation sites (tertiary alicyclic amines) is 1. The molecule has 12 heteroatoms. The van der Waals surface area contributed by atoms with Crippen LogP contribution in [0.2, 0.25) is 0 Å². The number of aryl methyl sites for hydroxylation is 2. The highest BCUT2D eigenvalue weighted by Gasteiger charge is 2.36. The number of fused-ring (bicyclic) bond motifs is 1. The number of carbonyl (C=O) groups is 2. The standard InChI is InChI=1S/C32H39F3N4O5/c1-19-16-20(2)38-27-25(42-6)18-23(28(26(19)27)43-22-11-7-10-21(17-22)32(33,34)35)36-13-9-14-37-29(40)24-12-8-15-39(24)30(41)44-31(3,4)5/h7,10-11,16-18,24,36H,8-9,12-15H2,1-6H3,(H,37,40)/t24-/m0/s1. The lowest BCUT2D eigenvalue weighted by Crippen LogP contribution is -2.47. The van der Waals surface area contributed by atoms with Crippen LogP contribution < -0.4 is 20.1 Å². The zero-order chi connectivity index (χ0) is 32.2. The number of nitrogens with one attached hydrogen (secondary N) is 2. The molecule has 1 fully saturated rings. The minimum Gasteiger partial charge on any atom is -0.494 e. The van der Waals surface area contributed by atoms with Gasteiger partial charge in [-0.25, -0.2) is 9.78 Å². The van der Waals surface area contributed by atoms with Gasteiger partial charge < -0.3 is 24.8 Å². The fourth-order valence-corrected chi connectivity index (χ4v) is 5.17. The monoisotopic (exact) mass is 616 g/mol. The Morgan fingerprint density at radius 3 is 2.52 bits per heavy atom. The van der Waals surface area contributed by atoms with E-state index in [0.29, 0.717) is 67.0 Å². The summed E-state index contributed by atoms with van der Waals surface area (Å²) in [6, 6.07) is 7.68. The fraction of sp³-hybridized carbons (Fsp3) is 0.469. The largest absolute Gasteiger partial charge is 0.494 e. The molecule has 1 aliphatic rings. The minimum absolute atomic E-state index is 0.0210. The summed E-state index contributed by atoms with van der Waals surface area (Å²) < 4.78 is 57.5. The Morgan fingerprint density at radius 1 is 1.09 bits per heavy atom. The highest BCUT2D eigenvalue weighted by atomic mass is 19.4. The maximum Gasteiger partial charge on any atom is 0.416 e. The van der Waals surface area contributed by atoms with Gasteiger partial charge in [0.25, 0.3) is 0 Å². The molecule has 1 atom stereocenters. The van der Waals surface area contributed by atoms with E-state index in [1.165, 1.54) is 24.1 Å². The molecular weight excluding hydrogens is 577 g/mol. The second-order valence-corrected chi connectivity index (χ2v) is 11.8. The first kappa shape index (κ1) is 32.7. The van der Waals surface area contributed by atoms with E-state index < -0.39 is 29.5 Å². The second-order valence-electron chi connectivity index (χ2n) is 11.8. The molecule has 238 valence electrons. The molecule has 4 rings (SSSR count). The van der Waals surface area contributed by atoms with E-state index in [4.69, 9.17) is 14.2 Å². The summed E-state index contributed by atoms with van der Waals surface area (Å²) in [6.45, 7) is 10.2. The number of methoxy groups -OCH3 is 1. The molecule has 1 saturated heterocycles. The van der Waals surface area contributed by atoms with Gasteiger partial charge in [-0.15, -0.1) is 0 Å². The van der Waals surface area contributed by atoms with Crippen LogP contribution in [0.25, 0.3) is 10.9 Å². The van der Waals surface area contributed by atoms with Crippen molar-refractivity contribution in [3.63, 3.8) is 0 Å². The Bertz CT molecular complexity index is 1520. The van der Waals surface area contributed by atoms with Crippen LogP contribution in [-0.2, 0) is 15.7 Å². The summed E-state index contributed by atoms with van der Waals surface area (Å²) in [4.78, 5) is 31.5. The van der Waals surface area contributed by atoms with Crippen LogP contribution in [0, 0.1) is 13.8 Å². The second kappa shape index (κ2) is 13.2. The average molecular weight is 617 g/mol. The van der Waals surface area contributed by atoms with Crippen LogP contribution in [0.1, 0.15) is 56.9 Å². The number of carbonyl (C=O) groups excluding carboxylic acids is 2. The number of benzene rings is 2. The number of amides is 2. The van der Waals surface area contributed by atoms with Crippen LogP contribution in [-0.4, -0.2) is 60.3 Å². The van der Waals surface area contributed by atoms with Gasteiger partial charge in [-0.1, -0.05) is 6.07 Å². The lowest BCUT2D eigenvalue weighted by molar-refractivity contribution is -0.137. The maximum absolute atomic E-state index is 13.4. The Balaban J connectivity index is 1.50. The van der Waals surface area contributed by atoms with Gasteiger partial charge in [-0.05, 0) is 83.7 Å². The van der Waals surface area contributed by atoms with Gasteiger partial charge in [-0.3, -0.25) is 9.69 Å². The number of aromatic nitrogens is 1. The zero-order valence-corrected chi connectivity index (χ0v) is 25.9. The zero-order valence-electron chi connectivity index (χ0n) is 25.9. The predicted octanol–water partition coefficient (Wildman–Crippen LogP) is 6.99. The molecule has 3 aromatic rings. The summed E-state index contributed by atoms with van der Waals surface area (Å²) in [5, 5.41) is 6.80. The third-order valence-corrected chi connectivity index (χ3v) is 7.08. The molecular formula is C32H39F3N4O5. The van der Waals surface area contributed by atoms with E-state index >= 15 is 0 Å². The summed E-state index contributed by atoms with van der Waals surface area (Å²) in [5.74, 6) is 0.564. The molecule has 0 unspecified atom stereocenters. The number of hydrogen-bond acceptors (Lipinski definition) is 7. The highest BCUT2D eigenvalue weighted by Crippen LogP contribution is 2.44. The van der Waals surface area contributed by atoms with E-state index in [2.05, 4.69) is 15.6 Å². The van der Waals surface area contributed by atoms with Crippen LogP contribution in [0.4, 0.5) is 23.7 Å². The van der Waals surface area contributed by atoms with Crippen molar-refractivity contribution in [2.24, 2.45) is 0 Å². The van der Waals surface area contributed by atoms with E-state index in [9.17, 15) is 22.8 Å². The SMILES string of the molecule is COc1cc(NCCCNC(=O)[C@@H]2CCCN2C(=O)OC(C)(C)C)c(Oc2cccc(C(F)(F)F)c2)c2c(C)cc(C)nc12. The van der Waals surface area contributed by atoms with Crippen molar-refractivity contribution < 1.29 is 37.0 Å².